The van der Waals surface area contributed by atoms with Crippen molar-refractivity contribution in [2.75, 3.05) is 11.9 Å². The maximum Gasteiger partial charge on any atom is 0.292 e. The number of hydrogen-bond donors (Lipinski definition) is 2. The summed E-state index contributed by atoms with van der Waals surface area (Å²) in [5.74, 6) is 0.0157. The van der Waals surface area contributed by atoms with Gasteiger partial charge in [0.15, 0.2) is 5.11 Å². The van der Waals surface area contributed by atoms with Crippen LogP contribution >= 0.6 is 12.2 Å². The number of amides is 1. The zero-order valence-electron chi connectivity index (χ0n) is 15.2. The number of thiocarbonyl (C=S) groups is 1. The van der Waals surface area contributed by atoms with Crippen LogP contribution in [-0.2, 0) is 0 Å². The number of nitrogens with one attached hydrogen (secondary N) is 2. The Labute approximate surface area is 162 Å². The number of nitro groups is 1. The zero-order valence-corrected chi connectivity index (χ0v) is 16.0. The number of para-hydroxylation sites is 1. The molecule has 2 aromatic carbocycles. The van der Waals surface area contributed by atoms with E-state index < -0.39 is 10.8 Å². The van der Waals surface area contributed by atoms with Gasteiger partial charge in [-0.1, -0.05) is 31.5 Å². The highest BCUT2D eigenvalue weighted by molar-refractivity contribution is 7.80. The number of carbonyl (C=O) groups excluding carboxylic acids is 1. The first-order chi connectivity index (χ1) is 12.9. The third-order valence-corrected chi connectivity index (χ3v) is 3.92. The van der Waals surface area contributed by atoms with E-state index in [-0.39, 0.29) is 16.5 Å². The largest absolute Gasteiger partial charge is 0.493 e. The minimum absolute atomic E-state index is 0.0321. The highest BCUT2D eigenvalue weighted by Gasteiger charge is 2.17. The quantitative estimate of drug-likeness (QED) is 0.320. The number of anilines is 1. The molecule has 0 saturated heterocycles. The first kappa shape index (κ1) is 20.3. The van der Waals surface area contributed by atoms with E-state index in [0.717, 1.165) is 18.4 Å². The fourth-order valence-corrected chi connectivity index (χ4v) is 2.53. The third kappa shape index (κ3) is 5.75. The molecule has 2 rings (SSSR count). The second-order valence-electron chi connectivity index (χ2n) is 5.88. The van der Waals surface area contributed by atoms with Crippen LogP contribution in [0.15, 0.2) is 42.5 Å². The van der Waals surface area contributed by atoms with Crippen LogP contribution in [0.4, 0.5) is 11.4 Å². The van der Waals surface area contributed by atoms with Crippen LogP contribution in [0.25, 0.3) is 0 Å². The van der Waals surface area contributed by atoms with Crippen molar-refractivity contribution in [2.45, 2.75) is 26.7 Å². The van der Waals surface area contributed by atoms with Gasteiger partial charge in [0, 0.05) is 6.07 Å². The molecular weight excluding hydrogens is 366 g/mol. The van der Waals surface area contributed by atoms with Gasteiger partial charge in [0.2, 0.25) is 0 Å². The Hall–Kier alpha value is -3.00. The van der Waals surface area contributed by atoms with Gasteiger partial charge in [-0.2, -0.15) is 0 Å². The Kier molecular flexibility index (Phi) is 7.25. The predicted molar refractivity (Wildman–Crippen MR) is 108 cm³/mol. The molecule has 0 bridgehead atoms. The average Bonchev–Trinajstić information content (AvgIpc) is 2.63. The normalized spacial score (nSPS) is 10.1. The van der Waals surface area contributed by atoms with E-state index in [1.54, 1.807) is 43.3 Å². The summed E-state index contributed by atoms with van der Waals surface area (Å²) < 4.78 is 5.65. The molecule has 0 fully saturated rings. The zero-order chi connectivity index (χ0) is 19.8. The summed E-state index contributed by atoms with van der Waals surface area (Å²) in [6, 6.07) is 11.6. The molecule has 8 heteroatoms. The van der Waals surface area contributed by atoms with Crippen LogP contribution < -0.4 is 15.4 Å². The first-order valence-electron chi connectivity index (χ1n) is 8.51. The lowest BCUT2D eigenvalue weighted by Crippen LogP contribution is -2.34. The van der Waals surface area contributed by atoms with Crippen LogP contribution in [0, 0.1) is 17.0 Å². The number of ether oxygens (including phenoxy) is 1. The lowest BCUT2D eigenvalue weighted by Gasteiger charge is -2.13. The number of benzene rings is 2. The van der Waals surface area contributed by atoms with E-state index in [9.17, 15) is 14.9 Å². The number of nitrogens with zero attached hydrogens (tertiary/aromatic N) is 1. The molecule has 0 aliphatic heterocycles. The molecule has 0 aliphatic rings. The highest BCUT2D eigenvalue weighted by Crippen LogP contribution is 2.25. The molecule has 2 N–H and O–H groups in total. The minimum Gasteiger partial charge on any atom is -0.493 e. The molecule has 0 spiro atoms. The summed E-state index contributed by atoms with van der Waals surface area (Å²) in [7, 11) is 0. The smallest absolute Gasteiger partial charge is 0.292 e. The van der Waals surface area contributed by atoms with Crippen LogP contribution in [-0.4, -0.2) is 22.5 Å². The van der Waals surface area contributed by atoms with Crippen molar-refractivity contribution in [1.29, 1.82) is 0 Å². The Balaban J connectivity index is 2.09. The van der Waals surface area contributed by atoms with Gasteiger partial charge >= 0.3 is 0 Å². The number of nitro benzene ring substituents is 1. The fraction of sp³-hybridized carbons (Fsp3) is 0.263. The van der Waals surface area contributed by atoms with Crippen molar-refractivity contribution in [3.05, 3.63) is 63.7 Å². The topological polar surface area (TPSA) is 93.5 Å². The molecule has 7 nitrogen and oxygen atoms in total. The van der Waals surface area contributed by atoms with Gasteiger partial charge < -0.3 is 10.1 Å². The Morgan fingerprint density at radius 1 is 1.26 bits per heavy atom. The second-order valence-corrected chi connectivity index (χ2v) is 6.29. The molecule has 0 aliphatic carbocycles. The summed E-state index contributed by atoms with van der Waals surface area (Å²) in [4.78, 5) is 23.2. The number of carbonyl (C=O) groups is 1. The van der Waals surface area contributed by atoms with Gasteiger partial charge in [-0.25, -0.2) is 0 Å². The molecule has 27 heavy (non-hydrogen) atoms. The molecule has 0 aromatic heterocycles. The van der Waals surface area contributed by atoms with Crippen molar-refractivity contribution in [1.82, 2.24) is 5.32 Å². The standard InChI is InChI=1S/C19H21N3O4S/c1-3-4-11-26-17-8-6-5-7-14(17)18(23)21-19(27)20-15-10-9-13(2)12-16(15)22(24)25/h5-10,12H,3-4,11H2,1-2H3,(H2,20,21,23,27). The van der Waals surface area contributed by atoms with Gasteiger partial charge in [-0.15, -0.1) is 0 Å². The van der Waals surface area contributed by atoms with Gasteiger partial charge in [-0.3, -0.25) is 20.2 Å². The van der Waals surface area contributed by atoms with Crippen molar-refractivity contribution in [3.63, 3.8) is 0 Å². The number of unbranched alkanes of at least 4 members (excludes halogenated alkanes) is 1. The Morgan fingerprint density at radius 3 is 2.70 bits per heavy atom. The summed E-state index contributed by atoms with van der Waals surface area (Å²) >= 11 is 5.13. The molecule has 0 radical (unpaired) electrons. The van der Waals surface area contributed by atoms with Gasteiger partial charge in [0.05, 0.1) is 17.1 Å². The number of rotatable bonds is 7. The lowest BCUT2D eigenvalue weighted by atomic mass is 10.2. The first-order valence-corrected chi connectivity index (χ1v) is 8.92. The van der Waals surface area contributed by atoms with Crippen LogP contribution in [0.2, 0.25) is 0 Å². The Morgan fingerprint density at radius 2 is 2.00 bits per heavy atom. The SMILES string of the molecule is CCCCOc1ccccc1C(=O)NC(=S)Nc1ccc(C)cc1[N+](=O)[O-]. The maximum absolute atomic E-state index is 12.5. The van der Waals surface area contributed by atoms with Crippen molar-refractivity contribution in [3.8, 4) is 5.75 Å². The maximum atomic E-state index is 12.5. The molecule has 1 amide bonds. The fourth-order valence-electron chi connectivity index (χ4n) is 2.33. The van der Waals surface area contributed by atoms with E-state index in [1.807, 2.05) is 0 Å². The predicted octanol–water partition coefficient (Wildman–Crippen LogP) is 4.21. The van der Waals surface area contributed by atoms with Crippen LogP contribution in [0.3, 0.4) is 0 Å². The van der Waals surface area contributed by atoms with E-state index >= 15 is 0 Å². The van der Waals surface area contributed by atoms with E-state index in [4.69, 9.17) is 17.0 Å². The molecule has 142 valence electrons. The average molecular weight is 387 g/mol. The van der Waals surface area contributed by atoms with E-state index in [0.29, 0.717) is 17.9 Å². The molecular formula is C19H21N3O4S. The van der Waals surface area contributed by atoms with Gasteiger partial charge in [0.1, 0.15) is 11.4 Å². The van der Waals surface area contributed by atoms with Crippen LogP contribution in [0.5, 0.6) is 5.75 Å². The lowest BCUT2D eigenvalue weighted by molar-refractivity contribution is -0.383. The Bertz CT molecular complexity index is 855. The van der Waals surface area contributed by atoms with Crippen molar-refractivity contribution < 1.29 is 14.5 Å². The summed E-state index contributed by atoms with van der Waals surface area (Å²) in [5, 5.41) is 16.4. The molecule has 0 saturated carbocycles. The monoisotopic (exact) mass is 387 g/mol. The second kappa shape index (κ2) is 9.63. The highest BCUT2D eigenvalue weighted by atomic mass is 32.1. The number of aryl methyl sites for hydroxylation is 1. The number of hydrogen-bond acceptors (Lipinski definition) is 5. The summed E-state index contributed by atoms with van der Waals surface area (Å²) in [6.07, 6.45) is 1.87. The van der Waals surface area contributed by atoms with Crippen molar-refractivity contribution >= 4 is 34.6 Å². The van der Waals surface area contributed by atoms with E-state index in [2.05, 4.69) is 17.6 Å². The molecule has 0 heterocycles. The van der Waals surface area contributed by atoms with E-state index in [1.165, 1.54) is 6.07 Å². The van der Waals surface area contributed by atoms with Crippen LogP contribution in [0.1, 0.15) is 35.7 Å². The van der Waals surface area contributed by atoms with Gasteiger partial charge in [-0.05, 0) is 49.3 Å². The minimum atomic E-state index is -0.503. The third-order valence-electron chi connectivity index (χ3n) is 3.71. The van der Waals surface area contributed by atoms with Gasteiger partial charge in [0.25, 0.3) is 11.6 Å². The summed E-state index contributed by atoms with van der Waals surface area (Å²) in [6.45, 7) is 4.32. The summed E-state index contributed by atoms with van der Waals surface area (Å²) in [5.41, 5.74) is 1.19. The molecule has 0 atom stereocenters. The molecule has 0 unspecified atom stereocenters. The molecule has 2 aromatic rings. The van der Waals surface area contributed by atoms with Crippen molar-refractivity contribution in [2.24, 2.45) is 0 Å².